The van der Waals surface area contributed by atoms with Crippen LogP contribution in [0.1, 0.15) is 259 Å². The van der Waals surface area contributed by atoms with Crippen LogP contribution in [0.2, 0.25) is 0 Å². The number of carbonyl (C=O) groups is 2. The number of esters is 2. The highest BCUT2D eigenvalue weighted by Gasteiger charge is 2.17. The molecule has 0 aliphatic rings. The first-order chi connectivity index (χ1) is 23.6. The predicted molar refractivity (Wildman–Crippen MR) is 209 cm³/mol. The summed E-state index contributed by atoms with van der Waals surface area (Å²) < 4.78 is 12.1. The molecule has 0 bridgehead atoms. The Morgan fingerprint density at radius 3 is 0.750 bits per heavy atom. The normalized spacial score (nSPS) is 12.7. The molecule has 0 aliphatic heterocycles. The van der Waals surface area contributed by atoms with E-state index in [1.54, 1.807) is 0 Å². The minimum atomic E-state index is -0.0745. The van der Waals surface area contributed by atoms with Crippen LogP contribution in [0, 0.1) is 0 Å². The molecular formula is C44H86O4. The van der Waals surface area contributed by atoms with Gasteiger partial charge >= 0.3 is 11.9 Å². The molecule has 2 atom stereocenters. The van der Waals surface area contributed by atoms with E-state index in [2.05, 4.69) is 27.7 Å². The molecule has 0 spiro atoms. The van der Waals surface area contributed by atoms with Gasteiger partial charge in [0.05, 0.1) is 0 Å². The van der Waals surface area contributed by atoms with Gasteiger partial charge in [-0.15, -0.1) is 0 Å². The van der Waals surface area contributed by atoms with Crippen molar-refractivity contribution in [3.8, 4) is 0 Å². The first-order valence-electron chi connectivity index (χ1n) is 22.0. The van der Waals surface area contributed by atoms with E-state index < -0.39 is 0 Å². The lowest BCUT2D eigenvalue weighted by Gasteiger charge is -2.19. The molecule has 4 heteroatoms. The third-order valence-corrected chi connectivity index (χ3v) is 10.1. The number of unbranched alkanes of at least 4 members (excludes halogenated alkanes) is 25. The van der Waals surface area contributed by atoms with Gasteiger partial charge in [-0.2, -0.15) is 0 Å². The molecule has 0 rings (SSSR count). The van der Waals surface area contributed by atoms with Crippen molar-refractivity contribution in [3.63, 3.8) is 0 Å². The van der Waals surface area contributed by atoms with Crippen LogP contribution in [-0.4, -0.2) is 24.1 Å². The summed E-state index contributed by atoms with van der Waals surface area (Å²) in [6.07, 6.45) is 42.4. The summed E-state index contributed by atoms with van der Waals surface area (Å²) in [7, 11) is 0. The molecule has 0 aliphatic carbocycles. The van der Waals surface area contributed by atoms with Crippen molar-refractivity contribution in [1.29, 1.82) is 0 Å². The molecule has 286 valence electrons. The van der Waals surface area contributed by atoms with Gasteiger partial charge in [0, 0.05) is 12.8 Å². The SMILES string of the molecule is CCCCCCCCCCC(CCCCCCCC)OC(=O)CCCCC(=O)OC(CCCCCCCC)CCCCCCCCCC. The number of hydrogen-bond acceptors (Lipinski definition) is 4. The van der Waals surface area contributed by atoms with Crippen LogP contribution in [-0.2, 0) is 19.1 Å². The summed E-state index contributed by atoms with van der Waals surface area (Å²) in [5.41, 5.74) is 0. The standard InChI is InChI=1S/C44H86O4/c1-5-9-13-17-21-23-27-31-37-41(35-29-25-19-15-11-7-3)47-43(45)39-33-34-40-44(46)48-42(36-30-26-20-16-12-8-4)38-32-28-24-22-18-14-10-6-2/h41-42H,5-40H2,1-4H3. The molecule has 2 unspecified atom stereocenters. The Bertz CT molecular complexity index is 606. The zero-order valence-corrected chi connectivity index (χ0v) is 33.2. The summed E-state index contributed by atoms with van der Waals surface area (Å²) in [5, 5.41) is 0. The second kappa shape index (κ2) is 38.7. The second-order valence-corrected chi connectivity index (χ2v) is 15.1. The Hall–Kier alpha value is -1.06. The van der Waals surface area contributed by atoms with Gasteiger partial charge in [-0.05, 0) is 64.2 Å². The summed E-state index contributed by atoms with van der Waals surface area (Å²) in [6.45, 7) is 9.06. The average Bonchev–Trinajstić information content (AvgIpc) is 3.08. The van der Waals surface area contributed by atoms with E-state index in [-0.39, 0.29) is 24.1 Å². The van der Waals surface area contributed by atoms with Crippen molar-refractivity contribution >= 4 is 11.9 Å². The molecule has 0 radical (unpaired) electrons. The Balaban J connectivity index is 4.48. The smallest absolute Gasteiger partial charge is 0.306 e. The van der Waals surface area contributed by atoms with Gasteiger partial charge in [0.15, 0.2) is 0 Å². The summed E-state index contributed by atoms with van der Waals surface area (Å²) in [6, 6.07) is 0. The van der Waals surface area contributed by atoms with Crippen LogP contribution in [0.25, 0.3) is 0 Å². The third kappa shape index (κ3) is 34.8. The Morgan fingerprint density at radius 1 is 0.312 bits per heavy atom. The lowest BCUT2D eigenvalue weighted by atomic mass is 10.0. The minimum Gasteiger partial charge on any atom is -0.462 e. The molecule has 0 fully saturated rings. The number of rotatable bonds is 39. The van der Waals surface area contributed by atoms with Gasteiger partial charge in [-0.3, -0.25) is 9.59 Å². The van der Waals surface area contributed by atoms with Gasteiger partial charge in [0.25, 0.3) is 0 Å². The Morgan fingerprint density at radius 2 is 0.521 bits per heavy atom. The lowest BCUT2D eigenvalue weighted by Crippen LogP contribution is -2.19. The minimum absolute atomic E-state index is 0.0628. The Kier molecular flexibility index (Phi) is 37.9. The van der Waals surface area contributed by atoms with E-state index in [9.17, 15) is 9.59 Å². The summed E-state index contributed by atoms with van der Waals surface area (Å²) >= 11 is 0. The van der Waals surface area contributed by atoms with E-state index in [4.69, 9.17) is 9.47 Å². The van der Waals surface area contributed by atoms with Crippen LogP contribution in [0.15, 0.2) is 0 Å². The topological polar surface area (TPSA) is 52.6 Å². The molecule has 0 saturated carbocycles. The van der Waals surface area contributed by atoms with Gasteiger partial charge < -0.3 is 9.47 Å². The molecule has 0 N–H and O–H groups in total. The van der Waals surface area contributed by atoms with Crippen LogP contribution in [0.3, 0.4) is 0 Å². The first-order valence-corrected chi connectivity index (χ1v) is 22.0. The molecule has 0 aromatic carbocycles. The predicted octanol–water partition coefficient (Wildman–Crippen LogP) is 14.9. The molecule has 0 heterocycles. The molecule has 48 heavy (non-hydrogen) atoms. The molecular weight excluding hydrogens is 592 g/mol. The van der Waals surface area contributed by atoms with Crippen molar-refractivity contribution in [1.82, 2.24) is 0 Å². The highest BCUT2D eigenvalue weighted by atomic mass is 16.5. The fourth-order valence-corrected chi connectivity index (χ4v) is 6.87. The number of hydrogen-bond donors (Lipinski definition) is 0. The first kappa shape index (κ1) is 46.9. The van der Waals surface area contributed by atoms with E-state index in [0.29, 0.717) is 25.7 Å². The van der Waals surface area contributed by atoms with Crippen LogP contribution in [0.5, 0.6) is 0 Å². The Labute approximate surface area is 301 Å². The number of ether oxygens (including phenoxy) is 2. The van der Waals surface area contributed by atoms with Crippen molar-refractivity contribution in [2.45, 2.75) is 271 Å². The van der Waals surface area contributed by atoms with Gasteiger partial charge in [0.1, 0.15) is 12.2 Å². The quantitative estimate of drug-likeness (QED) is 0.0479. The van der Waals surface area contributed by atoms with Crippen LogP contribution < -0.4 is 0 Å². The fourth-order valence-electron chi connectivity index (χ4n) is 6.87. The zero-order chi connectivity index (χ0) is 35.2. The highest BCUT2D eigenvalue weighted by Crippen LogP contribution is 2.20. The molecule has 0 aromatic rings. The molecule has 0 saturated heterocycles. The monoisotopic (exact) mass is 679 g/mol. The van der Waals surface area contributed by atoms with Crippen molar-refractivity contribution in [3.05, 3.63) is 0 Å². The maximum atomic E-state index is 12.8. The maximum Gasteiger partial charge on any atom is 0.306 e. The molecule has 0 amide bonds. The fraction of sp³-hybridized carbons (Fsp3) is 0.955. The van der Waals surface area contributed by atoms with E-state index >= 15 is 0 Å². The van der Waals surface area contributed by atoms with Crippen molar-refractivity contribution < 1.29 is 19.1 Å². The van der Waals surface area contributed by atoms with Crippen LogP contribution >= 0.6 is 0 Å². The summed E-state index contributed by atoms with van der Waals surface area (Å²) in [4.78, 5) is 25.6. The van der Waals surface area contributed by atoms with Gasteiger partial charge in [-0.1, -0.05) is 182 Å². The van der Waals surface area contributed by atoms with Gasteiger partial charge in [0.2, 0.25) is 0 Å². The van der Waals surface area contributed by atoms with E-state index in [0.717, 1.165) is 51.4 Å². The third-order valence-electron chi connectivity index (χ3n) is 10.1. The highest BCUT2D eigenvalue weighted by molar-refractivity contribution is 5.70. The van der Waals surface area contributed by atoms with Crippen LogP contribution in [0.4, 0.5) is 0 Å². The maximum absolute atomic E-state index is 12.8. The summed E-state index contributed by atoms with van der Waals surface area (Å²) in [5.74, 6) is -0.149. The second-order valence-electron chi connectivity index (χ2n) is 15.1. The lowest BCUT2D eigenvalue weighted by molar-refractivity contribution is -0.152. The molecule has 0 aromatic heterocycles. The zero-order valence-electron chi connectivity index (χ0n) is 33.2. The number of carbonyl (C=O) groups excluding carboxylic acids is 2. The largest absolute Gasteiger partial charge is 0.462 e. The van der Waals surface area contributed by atoms with Crippen molar-refractivity contribution in [2.75, 3.05) is 0 Å². The van der Waals surface area contributed by atoms with E-state index in [1.165, 1.54) is 154 Å². The average molecular weight is 679 g/mol. The van der Waals surface area contributed by atoms with E-state index in [1.807, 2.05) is 0 Å². The van der Waals surface area contributed by atoms with Crippen molar-refractivity contribution in [2.24, 2.45) is 0 Å². The van der Waals surface area contributed by atoms with Gasteiger partial charge in [-0.25, -0.2) is 0 Å². The molecule has 4 nitrogen and oxygen atoms in total.